The van der Waals surface area contributed by atoms with Gasteiger partial charge in [0.15, 0.2) is 5.65 Å². The molecular formula is C23H21BrN4O. The van der Waals surface area contributed by atoms with Crippen LogP contribution >= 0.6 is 15.9 Å². The average Bonchev–Trinajstić information content (AvgIpc) is 2.74. The van der Waals surface area contributed by atoms with Crippen molar-refractivity contribution in [3.8, 4) is 28.1 Å². The lowest BCUT2D eigenvalue weighted by atomic mass is 10.00. The summed E-state index contributed by atoms with van der Waals surface area (Å²) in [6.45, 7) is 2.88. The highest BCUT2D eigenvalue weighted by atomic mass is 79.9. The number of hydrogen-bond donors (Lipinski definition) is 1. The number of fused-ring (bicyclic) bond motifs is 1. The molecule has 2 heterocycles. The van der Waals surface area contributed by atoms with Gasteiger partial charge < -0.3 is 10.5 Å². The largest absolute Gasteiger partial charge is 0.494 e. The van der Waals surface area contributed by atoms with Gasteiger partial charge in [-0.1, -0.05) is 41.4 Å². The van der Waals surface area contributed by atoms with E-state index in [0.29, 0.717) is 11.5 Å². The molecule has 6 heteroatoms. The van der Waals surface area contributed by atoms with Crippen LogP contribution in [0, 0.1) is 0 Å². The van der Waals surface area contributed by atoms with Crippen LogP contribution < -0.4 is 10.5 Å². The van der Waals surface area contributed by atoms with E-state index in [-0.39, 0.29) is 0 Å². The molecule has 2 aromatic heterocycles. The van der Waals surface area contributed by atoms with E-state index >= 15 is 0 Å². The van der Waals surface area contributed by atoms with Crippen LogP contribution in [0.25, 0.3) is 33.4 Å². The molecule has 0 atom stereocenters. The molecule has 29 heavy (non-hydrogen) atoms. The van der Waals surface area contributed by atoms with Crippen LogP contribution in [0.5, 0.6) is 5.75 Å². The molecule has 0 radical (unpaired) electrons. The zero-order valence-electron chi connectivity index (χ0n) is 16.1. The van der Waals surface area contributed by atoms with E-state index in [1.54, 1.807) is 0 Å². The number of rotatable bonds is 6. The van der Waals surface area contributed by atoms with Gasteiger partial charge in [-0.3, -0.25) is 0 Å². The summed E-state index contributed by atoms with van der Waals surface area (Å²) in [5.41, 5.74) is 10.5. The molecule has 0 aliphatic carbocycles. The van der Waals surface area contributed by atoms with Crippen LogP contribution in [0.4, 0.5) is 5.82 Å². The van der Waals surface area contributed by atoms with E-state index in [4.69, 9.17) is 15.5 Å². The minimum absolute atomic E-state index is 0.420. The number of hydrogen-bond acceptors (Lipinski definition) is 5. The van der Waals surface area contributed by atoms with Gasteiger partial charge in [-0.2, -0.15) is 0 Å². The first-order chi connectivity index (χ1) is 14.2. The van der Waals surface area contributed by atoms with Gasteiger partial charge in [0.1, 0.15) is 17.9 Å². The molecule has 0 saturated heterocycles. The van der Waals surface area contributed by atoms with Crippen molar-refractivity contribution in [1.82, 2.24) is 15.0 Å². The Morgan fingerprint density at radius 3 is 2.59 bits per heavy atom. The first-order valence-electron chi connectivity index (χ1n) is 9.56. The van der Waals surface area contributed by atoms with E-state index in [1.165, 1.54) is 6.33 Å². The molecule has 4 rings (SSSR count). The van der Waals surface area contributed by atoms with Crippen LogP contribution in [-0.4, -0.2) is 21.6 Å². The van der Waals surface area contributed by atoms with Gasteiger partial charge in [-0.25, -0.2) is 15.0 Å². The van der Waals surface area contributed by atoms with Crippen LogP contribution in [0.2, 0.25) is 0 Å². The van der Waals surface area contributed by atoms with Gasteiger partial charge in [-0.15, -0.1) is 0 Å². The topological polar surface area (TPSA) is 73.9 Å². The Hall–Kier alpha value is -2.99. The van der Waals surface area contributed by atoms with Gasteiger partial charge in [-0.05, 0) is 60.0 Å². The third-order valence-corrected chi connectivity index (χ3v) is 5.18. The Labute approximate surface area is 178 Å². The lowest BCUT2D eigenvalue weighted by molar-refractivity contribution is 0.309. The number of aromatic nitrogens is 3. The van der Waals surface area contributed by atoms with Crippen molar-refractivity contribution in [2.24, 2.45) is 0 Å². The van der Waals surface area contributed by atoms with E-state index in [0.717, 1.165) is 57.4 Å². The monoisotopic (exact) mass is 448 g/mol. The lowest BCUT2D eigenvalue weighted by Gasteiger charge is -2.12. The van der Waals surface area contributed by atoms with E-state index in [2.05, 4.69) is 38.9 Å². The normalized spacial score (nSPS) is 11.0. The third kappa shape index (κ3) is 4.22. The zero-order valence-corrected chi connectivity index (χ0v) is 17.7. The molecule has 2 N–H and O–H groups in total. The maximum absolute atomic E-state index is 6.18. The van der Waals surface area contributed by atoms with Crippen molar-refractivity contribution in [1.29, 1.82) is 0 Å². The van der Waals surface area contributed by atoms with Gasteiger partial charge in [0.05, 0.1) is 17.7 Å². The van der Waals surface area contributed by atoms with Crippen LogP contribution in [-0.2, 0) is 0 Å². The Bertz CT molecular complexity index is 1150. The number of pyridine rings is 1. The smallest absolute Gasteiger partial charge is 0.165 e. The molecule has 0 spiro atoms. The van der Waals surface area contributed by atoms with Gasteiger partial charge in [0.2, 0.25) is 0 Å². The highest BCUT2D eigenvalue weighted by Gasteiger charge is 2.14. The minimum atomic E-state index is 0.420. The van der Waals surface area contributed by atoms with Crippen LogP contribution in [0.15, 0.2) is 65.4 Å². The third-order valence-electron chi connectivity index (χ3n) is 4.69. The molecule has 0 bridgehead atoms. The number of anilines is 1. The predicted molar refractivity (Wildman–Crippen MR) is 121 cm³/mol. The Morgan fingerprint density at radius 1 is 1.00 bits per heavy atom. The fourth-order valence-electron chi connectivity index (χ4n) is 3.18. The molecular weight excluding hydrogens is 428 g/mol. The van der Waals surface area contributed by atoms with Crippen molar-refractivity contribution in [3.63, 3.8) is 0 Å². The Morgan fingerprint density at radius 2 is 1.83 bits per heavy atom. The fraction of sp³-hybridized carbons (Fsp3) is 0.174. The summed E-state index contributed by atoms with van der Waals surface area (Å²) in [4.78, 5) is 13.3. The fourth-order valence-corrected chi connectivity index (χ4v) is 3.57. The van der Waals surface area contributed by atoms with E-state index in [1.807, 2.05) is 48.5 Å². The molecule has 0 aliphatic heterocycles. The zero-order chi connectivity index (χ0) is 20.2. The molecule has 4 aromatic rings. The quantitative estimate of drug-likeness (QED) is 0.372. The lowest BCUT2D eigenvalue weighted by Crippen LogP contribution is -1.99. The SMILES string of the molecule is CCCCOc1ccc(-c2cc(-c3cccc(Br)c3)c3c(N)ncnc3n2)cc1. The summed E-state index contributed by atoms with van der Waals surface area (Å²) < 4.78 is 6.76. The number of nitrogens with zero attached hydrogens (tertiary/aromatic N) is 3. The minimum Gasteiger partial charge on any atom is -0.494 e. The summed E-state index contributed by atoms with van der Waals surface area (Å²) in [5, 5.41) is 0.758. The highest BCUT2D eigenvalue weighted by molar-refractivity contribution is 9.10. The molecule has 0 fully saturated rings. The number of halogens is 1. The first-order valence-corrected chi connectivity index (χ1v) is 10.4. The Kier molecular flexibility index (Phi) is 5.71. The molecule has 0 saturated carbocycles. The molecule has 0 amide bonds. The second-order valence-corrected chi connectivity index (χ2v) is 7.66. The number of benzene rings is 2. The van der Waals surface area contributed by atoms with Crippen molar-refractivity contribution in [3.05, 3.63) is 65.4 Å². The summed E-state index contributed by atoms with van der Waals surface area (Å²) >= 11 is 3.55. The van der Waals surface area contributed by atoms with Crippen molar-refractivity contribution >= 4 is 32.8 Å². The molecule has 2 aromatic carbocycles. The number of unbranched alkanes of at least 4 members (excludes halogenated alkanes) is 1. The van der Waals surface area contributed by atoms with Crippen molar-refractivity contribution < 1.29 is 4.74 Å². The summed E-state index contributed by atoms with van der Waals surface area (Å²) in [7, 11) is 0. The second kappa shape index (κ2) is 8.57. The average molecular weight is 449 g/mol. The summed E-state index contributed by atoms with van der Waals surface area (Å²) in [5.74, 6) is 1.28. The number of nitrogen functional groups attached to an aromatic ring is 1. The highest BCUT2D eigenvalue weighted by Crippen LogP contribution is 2.34. The predicted octanol–water partition coefficient (Wildman–Crippen LogP) is 5.88. The standard InChI is InChI=1S/C23H21BrN4O/c1-2-3-11-29-18-9-7-15(8-10-18)20-13-19(16-5-4-6-17(24)12-16)21-22(25)26-14-27-23(21)28-20/h4-10,12-14H,2-3,11H2,1H3,(H2,25,26,27,28). The van der Waals surface area contributed by atoms with Gasteiger partial charge in [0.25, 0.3) is 0 Å². The van der Waals surface area contributed by atoms with Crippen molar-refractivity contribution in [2.75, 3.05) is 12.3 Å². The molecule has 0 aliphatic rings. The summed E-state index contributed by atoms with van der Waals surface area (Å²) in [6, 6.07) is 18.1. The van der Waals surface area contributed by atoms with Crippen LogP contribution in [0.3, 0.4) is 0 Å². The molecule has 0 unspecified atom stereocenters. The first kappa shape index (κ1) is 19.3. The van der Waals surface area contributed by atoms with Gasteiger partial charge >= 0.3 is 0 Å². The molecule has 5 nitrogen and oxygen atoms in total. The van der Waals surface area contributed by atoms with Gasteiger partial charge in [0, 0.05) is 10.0 Å². The Balaban J connectivity index is 1.80. The van der Waals surface area contributed by atoms with E-state index in [9.17, 15) is 0 Å². The van der Waals surface area contributed by atoms with Crippen molar-refractivity contribution in [2.45, 2.75) is 19.8 Å². The summed E-state index contributed by atoms with van der Waals surface area (Å²) in [6.07, 6.45) is 3.61. The number of nitrogens with two attached hydrogens (primary N) is 1. The number of ether oxygens (including phenoxy) is 1. The maximum atomic E-state index is 6.18. The molecule has 146 valence electrons. The maximum Gasteiger partial charge on any atom is 0.165 e. The van der Waals surface area contributed by atoms with Crippen LogP contribution in [0.1, 0.15) is 19.8 Å². The van der Waals surface area contributed by atoms with E-state index < -0.39 is 0 Å². The second-order valence-electron chi connectivity index (χ2n) is 6.75.